The fourth-order valence-electron chi connectivity index (χ4n) is 2.58. The van der Waals surface area contributed by atoms with Crippen LogP contribution < -0.4 is 11.1 Å². The van der Waals surface area contributed by atoms with E-state index in [0.29, 0.717) is 35.3 Å². The largest absolute Gasteiger partial charge is 0.334 e. The predicted molar refractivity (Wildman–Crippen MR) is 101 cm³/mol. The zero-order chi connectivity index (χ0) is 20.0. The number of hydrogen-bond donors (Lipinski definition) is 2. The van der Waals surface area contributed by atoms with Gasteiger partial charge in [-0.3, -0.25) is 9.59 Å². The van der Waals surface area contributed by atoms with Crippen LogP contribution in [0, 0.1) is 11.6 Å². The number of benzene rings is 2. The van der Waals surface area contributed by atoms with Crippen LogP contribution in [0.15, 0.2) is 36.4 Å². The van der Waals surface area contributed by atoms with Gasteiger partial charge < -0.3 is 16.0 Å². The molecular weight excluding hydrogens is 376 g/mol. The Bertz CT molecular complexity index is 825. The first-order chi connectivity index (χ1) is 12.8. The summed E-state index contributed by atoms with van der Waals surface area (Å²) in [5.74, 6) is -2.44. The minimum absolute atomic E-state index is 0.0985. The average Bonchev–Trinajstić information content (AvgIpc) is 2.59. The Balaban J connectivity index is 2.31. The number of amides is 2. The number of nitrogens with one attached hydrogen (secondary N) is 1. The van der Waals surface area contributed by atoms with E-state index in [4.69, 9.17) is 17.3 Å². The summed E-state index contributed by atoms with van der Waals surface area (Å²) in [7, 11) is 0. The second kappa shape index (κ2) is 9.43. The molecule has 0 heterocycles. The molecule has 5 nitrogen and oxygen atoms in total. The Hall–Kier alpha value is -2.51. The van der Waals surface area contributed by atoms with Crippen LogP contribution in [-0.4, -0.2) is 29.8 Å². The summed E-state index contributed by atoms with van der Waals surface area (Å²) in [4.78, 5) is 25.4. The minimum atomic E-state index is -0.831. The van der Waals surface area contributed by atoms with Gasteiger partial charge in [0.1, 0.15) is 11.6 Å². The highest BCUT2D eigenvalue weighted by Gasteiger charge is 2.19. The Labute approximate surface area is 161 Å². The van der Waals surface area contributed by atoms with Gasteiger partial charge >= 0.3 is 0 Å². The van der Waals surface area contributed by atoms with Gasteiger partial charge in [-0.05, 0) is 48.9 Å². The molecule has 0 radical (unpaired) electrons. The number of rotatable bonds is 7. The molecule has 0 aliphatic carbocycles. The van der Waals surface area contributed by atoms with Gasteiger partial charge in [-0.2, -0.15) is 0 Å². The van der Waals surface area contributed by atoms with E-state index in [-0.39, 0.29) is 24.6 Å². The van der Waals surface area contributed by atoms with E-state index >= 15 is 0 Å². The van der Waals surface area contributed by atoms with Crippen LogP contribution in [0.25, 0.3) is 0 Å². The van der Waals surface area contributed by atoms with Crippen molar-refractivity contribution in [3.05, 3.63) is 64.2 Å². The maximum absolute atomic E-state index is 13.5. The van der Waals surface area contributed by atoms with E-state index in [1.165, 1.54) is 11.8 Å². The second-order valence-corrected chi connectivity index (χ2v) is 6.42. The molecular formula is C19H20ClF2N3O2. The first-order valence-electron chi connectivity index (χ1n) is 8.31. The third kappa shape index (κ3) is 6.01. The van der Waals surface area contributed by atoms with Crippen LogP contribution in [-0.2, 0) is 11.3 Å². The number of halogens is 3. The zero-order valence-electron chi connectivity index (χ0n) is 14.8. The van der Waals surface area contributed by atoms with Crippen LogP contribution in [0.2, 0.25) is 5.02 Å². The quantitative estimate of drug-likeness (QED) is 0.752. The summed E-state index contributed by atoms with van der Waals surface area (Å²) in [6.07, 6.45) is 0.506. The number of anilines is 1. The van der Waals surface area contributed by atoms with E-state index < -0.39 is 17.5 Å². The number of nitrogens with zero attached hydrogens (tertiary/aromatic N) is 1. The smallest absolute Gasteiger partial charge is 0.254 e. The third-order valence-corrected chi connectivity index (χ3v) is 4.12. The van der Waals surface area contributed by atoms with Crippen molar-refractivity contribution < 1.29 is 18.4 Å². The van der Waals surface area contributed by atoms with Crippen molar-refractivity contribution >= 4 is 29.1 Å². The summed E-state index contributed by atoms with van der Waals surface area (Å²) < 4.78 is 27.0. The van der Waals surface area contributed by atoms with E-state index in [9.17, 15) is 18.4 Å². The molecule has 3 N–H and O–H groups in total. The summed E-state index contributed by atoms with van der Waals surface area (Å²) in [6, 6.07) is 7.57. The van der Waals surface area contributed by atoms with E-state index in [1.807, 2.05) is 0 Å². The van der Waals surface area contributed by atoms with Gasteiger partial charge in [0.15, 0.2) is 0 Å². The van der Waals surface area contributed by atoms with Crippen LogP contribution in [0.1, 0.15) is 29.3 Å². The lowest BCUT2D eigenvalue weighted by molar-refractivity contribution is -0.114. The number of nitrogens with two attached hydrogens (primary N) is 1. The normalized spacial score (nSPS) is 10.6. The molecule has 8 heteroatoms. The van der Waals surface area contributed by atoms with Crippen molar-refractivity contribution in [2.75, 3.05) is 18.4 Å². The lowest BCUT2D eigenvalue weighted by atomic mass is 10.1. The standard InChI is InChI=1S/C19H20ClF2N3O2/c1-12(26)24-17-3-4-18(20)14(9-17)11-25(6-2-5-23)19(27)13-7-15(21)10-16(22)8-13/h3-4,7-10H,2,5-6,11,23H2,1H3,(H,24,26). The maximum Gasteiger partial charge on any atom is 0.254 e. The lowest BCUT2D eigenvalue weighted by Crippen LogP contribution is -2.33. The van der Waals surface area contributed by atoms with Crippen molar-refractivity contribution in [1.82, 2.24) is 4.90 Å². The van der Waals surface area contributed by atoms with Crippen LogP contribution in [0.4, 0.5) is 14.5 Å². The fourth-order valence-corrected chi connectivity index (χ4v) is 2.75. The first-order valence-corrected chi connectivity index (χ1v) is 8.69. The van der Waals surface area contributed by atoms with Crippen molar-refractivity contribution in [2.24, 2.45) is 5.73 Å². The predicted octanol–water partition coefficient (Wildman–Crippen LogP) is 3.57. The van der Waals surface area contributed by atoms with Gasteiger partial charge in [-0.25, -0.2) is 8.78 Å². The Kier molecular flexibility index (Phi) is 7.27. The highest BCUT2D eigenvalue weighted by Crippen LogP contribution is 2.23. The average molecular weight is 396 g/mol. The highest BCUT2D eigenvalue weighted by molar-refractivity contribution is 6.31. The maximum atomic E-state index is 13.5. The van der Waals surface area contributed by atoms with Crippen LogP contribution in [0.5, 0.6) is 0 Å². The molecule has 2 aromatic carbocycles. The summed E-state index contributed by atoms with van der Waals surface area (Å²) in [5, 5.41) is 3.05. The Morgan fingerprint density at radius 1 is 1.15 bits per heavy atom. The lowest BCUT2D eigenvalue weighted by Gasteiger charge is -2.24. The SMILES string of the molecule is CC(=O)Nc1ccc(Cl)c(CN(CCCN)C(=O)c2cc(F)cc(F)c2)c1. The van der Waals surface area contributed by atoms with Crippen LogP contribution >= 0.6 is 11.6 Å². The van der Waals surface area contributed by atoms with E-state index in [2.05, 4.69) is 5.32 Å². The monoisotopic (exact) mass is 395 g/mol. The molecule has 0 aromatic heterocycles. The number of carbonyl (C=O) groups excluding carboxylic acids is 2. The molecule has 0 fully saturated rings. The molecule has 2 amide bonds. The summed E-state index contributed by atoms with van der Waals surface area (Å²) in [6.45, 7) is 2.11. The molecule has 2 aromatic rings. The number of hydrogen-bond acceptors (Lipinski definition) is 3. The summed E-state index contributed by atoms with van der Waals surface area (Å²) >= 11 is 6.22. The Morgan fingerprint density at radius 2 is 1.81 bits per heavy atom. The fraction of sp³-hybridized carbons (Fsp3) is 0.263. The van der Waals surface area contributed by atoms with Crippen molar-refractivity contribution in [2.45, 2.75) is 19.9 Å². The van der Waals surface area contributed by atoms with E-state index in [0.717, 1.165) is 12.1 Å². The van der Waals surface area contributed by atoms with Gasteiger partial charge in [0.05, 0.1) is 0 Å². The molecule has 27 heavy (non-hydrogen) atoms. The number of carbonyl (C=O) groups is 2. The van der Waals surface area contributed by atoms with E-state index in [1.54, 1.807) is 18.2 Å². The molecule has 0 saturated heterocycles. The van der Waals surface area contributed by atoms with Crippen LogP contribution in [0.3, 0.4) is 0 Å². The molecule has 0 bridgehead atoms. The van der Waals surface area contributed by atoms with Crippen molar-refractivity contribution in [3.63, 3.8) is 0 Å². The molecule has 0 spiro atoms. The molecule has 0 atom stereocenters. The molecule has 0 aliphatic rings. The molecule has 144 valence electrons. The van der Waals surface area contributed by atoms with Gasteiger partial charge in [0, 0.05) is 42.4 Å². The van der Waals surface area contributed by atoms with Gasteiger partial charge in [-0.15, -0.1) is 0 Å². The molecule has 2 rings (SSSR count). The third-order valence-electron chi connectivity index (χ3n) is 3.76. The van der Waals surface area contributed by atoms with Gasteiger partial charge in [0.25, 0.3) is 5.91 Å². The summed E-state index contributed by atoms with van der Waals surface area (Å²) in [5.41, 5.74) is 6.56. The zero-order valence-corrected chi connectivity index (χ0v) is 15.5. The Morgan fingerprint density at radius 3 is 2.41 bits per heavy atom. The molecule has 0 aliphatic heterocycles. The van der Waals surface area contributed by atoms with Crippen molar-refractivity contribution in [1.29, 1.82) is 0 Å². The van der Waals surface area contributed by atoms with Gasteiger partial charge in [-0.1, -0.05) is 11.6 Å². The molecule has 0 saturated carbocycles. The highest BCUT2D eigenvalue weighted by atomic mass is 35.5. The second-order valence-electron chi connectivity index (χ2n) is 6.01. The minimum Gasteiger partial charge on any atom is -0.334 e. The molecule has 0 unspecified atom stereocenters. The topological polar surface area (TPSA) is 75.4 Å². The first kappa shape index (κ1) is 20.8. The van der Waals surface area contributed by atoms with Gasteiger partial charge in [0.2, 0.25) is 5.91 Å². The van der Waals surface area contributed by atoms with Crippen molar-refractivity contribution in [3.8, 4) is 0 Å².